The van der Waals surface area contributed by atoms with E-state index in [9.17, 15) is 10.1 Å². The number of pyridine rings is 1. The molecule has 1 saturated carbocycles. The zero-order valence-corrected chi connectivity index (χ0v) is 12.1. The van der Waals surface area contributed by atoms with Gasteiger partial charge in [0.15, 0.2) is 0 Å². The fourth-order valence-electron chi connectivity index (χ4n) is 2.13. The summed E-state index contributed by atoms with van der Waals surface area (Å²) in [6.07, 6.45) is 5.05. The highest BCUT2D eigenvalue weighted by Gasteiger charge is 2.31. The van der Waals surface area contributed by atoms with Crippen LogP contribution in [0.5, 0.6) is 0 Å². The highest BCUT2D eigenvalue weighted by molar-refractivity contribution is 9.10. The summed E-state index contributed by atoms with van der Waals surface area (Å²) >= 11 is 3.38. The van der Waals surface area contributed by atoms with E-state index in [1.165, 1.54) is 25.5 Å². The molecule has 0 saturated heterocycles. The van der Waals surface area contributed by atoms with Gasteiger partial charge in [0, 0.05) is 12.1 Å². The van der Waals surface area contributed by atoms with Crippen molar-refractivity contribution in [2.24, 2.45) is 5.41 Å². The molecule has 98 valence electrons. The number of hydrogen-bond acceptors (Lipinski definition) is 4. The number of hydrogen-bond donors (Lipinski definition) is 1. The van der Waals surface area contributed by atoms with Crippen molar-refractivity contribution in [3.8, 4) is 0 Å². The standard InChI is InChI=1S/C12H16BrN3O2/c1-8-9(16(17)18)6-14-11(10(8)13)15-7-12(2)4-3-5-12/h6H,3-5,7H2,1-2H3,(H,14,15). The lowest BCUT2D eigenvalue weighted by Gasteiger charge is -2.38. The van der Waals surface area contributed by atoms with E-state index in [-0.39, 0.29) is 5.69 Å². The Kier molecular flexibility index (Phi) is 3.56. The van der Waals surface area contributed by atoms with Gasteiger partial charge in [-0.3, -0.25) is 10.1 Å². The average molecular weight is 314 g/mol. The number of nitrogens with one attached hydrogen (secondary N) is 1. The monoisotopic (exact) mass is 313 g/mol. The summed E-state index contributed by atoms with van der Waals surface area (Å²) in [7, 11) is 0. The molecule has 1 fully saturated rings. The lowest BCUT2D eigenvalue weighted by Crippen LogP contribution is -2.33. The van der Waals surface area contributed by atoms with Crippen LogP contribution in [0.1, 0.15) is 31.7 Å². The molecular formula is C12H16BrN3O2. The second kappa shape index (κ2) is 4.84. The smallest absolute Gasteiger partial charge is 0.291 e. The molecule has 2 rings (SSSR count). The lowest BCUT2D eigenvalue weighted by molar-refractivity contribution is -0.385. The third-order valence-electron chi connectivity index (χ3n) is 3.68. The van der Waals surface area contributed by atoms with E-state index < -0.39 is 4.92 Å². The topological polar surface area (TPSA) is 68.1 Å². The average Bonchev–Trinajstić information content (AvgIpc) is 2.28. The zero-order valence-electron chi connectivity index (χ0n) is 10.5. The SMILES string of the molecule is Cc1c([N+](=O)[O-])cnc(NCC2(C)CCC2)c1Br. The van der Waals surface area contributed by atoms with Crippen LogP contribution in [0.15, 0.2) is 10.7 Å². The first-order chi connectivity index (χ1) is 8.43. The molecule has 0 aromatic carbocycles. The first kappa shape index (κ1) is 13.3. The molecule has 18 heavy (non-hydrogen) atoms. The quantitative estimate of drug-likeness (QED) is 0.680. The van der Waals surface area contributed by atoms with Gasteiger partial charge in [0.2, 0.25) is 0 Å². The zero-order chi connectivity index (χ0) is 13.3. The van der Waals surface area contributed by atoms with E-state index >= 15 is 0 Å². The molecule has 0 radical (unpaired) electrons. The van der Waals surface area contributed by atoms with Gasteiger partial charge in [-0.15, -0.1) is 0 Å². The van der Waals surface area contributed by atoms with E-state index in [2.05, 4.69) is 33.2 Å². The number of halogens is 1. The Morgan fingerprint density at radius 2 is 2.28 bits per heavy atom. The number of aromatic nitrogens is 1. The summed E-state index contributed by atoms with van der Waals surface area (Å²) in [6, 6.07) is 0. The third-order valence-corrected chi connectivity index (χ3v) is 4.65. The Morgan fingerprint density at radius 1 is 1.61 bits per heavy atom. The van der Waals surface area contributed by atoms with Crippen LogP contribution in [0.2, 0.25) is 0 Å². The summed E-state index contributed by atoms with van der Waals surface area (Å²) in [5, 5.41) is 14.1. The van der Waals surface area contributed by atoms with Gasteiger partial charge in [0.05, 0.1) is 9.40 Å². The molecule has 1 aromatic rings. The third kappa shape index (κ3) is 2.48. The Labute approximate surface area is 114 Å². The van der Waals surface area contributed by atoms with Gasteiger partial charge in [0.25, 0.3) is 5.69 Å². The molecule has 0 aliphatic heterocycles. The maximum Gasteiger partial charge on any atom is 0.291 e. The van der Waals surface area contributed by atoms with Crippen LogP contribution in [0, 0.1) is 22.5 Å². The van der Waals surface area contributed by atoms with Crippen LogP contribution in [0.4, 0.5) is 11.5 Å². The van der Waals surface area contributed by atoms with Crippen LogP contribution in [-0.4, -0.2) is 16.5 Å². The Morgan fingerprint density at radius 3 is 2.78 bits per heavy atom. The molecule has 1 aromatic heterocycles. The summed E-state index contributed by atoms with van der Waals surface area (Å²) in [5.74, 6) is 0.686. The van der Waals surface area contributed by atoms with Crippen molar-refractivity contribution < 1.29 is 4.92 Å². The Bertz CT molecular complexity index is 486. The first-order valence-electron chi connectivity index (χ1n) is 5.96. The minimum absolute atomic E-state index is 0.0438. The molecule has 5 nitrogen and oxygen atoms in total. The molecule has 0 spiro atoms. The van der Waals surface area contributed by atoms with Crippen molar-refractivity contribution in [2.75, 3.05) is 11.9 Å². The van der Waals surface area contributed by atoms with Gasteiger partial charge >= 0.3 is 0 Å². The number of nitrogens with zero attached hydrogens (tertiary/aromatic N) is 2. The minimum atomic E-state index is -0.413. The molecule has 0 bridgehead atoms. The van der Waals surface area contributed by atoms with E-state index in [1.807, 2.05) is 0 Å². The largest absolute Gasteiger partial charge is 0.369 e. The molecule has 0 atom stereocenters. The molecule has 1 aliphatic rings. The fraction of sp³-hybridized carbons (Fsp3) is 0.583. The van der Waals surface area contributed by atoms with Crippen LogP contribution in [0.3, 0.4) is 0 Å². The Balaban J connectivity index is 2.14. The number of nitro groups is 1. The van der Waals surface area contributed by atoms with E-state index in [1.54, 1.807) is 6.92 Å². The van der Waals surface area contributed by atoms with Crippen LogP contribution < -0.4 is 5.32 Å². The summed E-state index contributed by atoms with van der Waals surface area (Å²) in [5.41, 5.74) is 0.995. The van der Waals surface area contributed by atoms with Gasteiger partial charge < -0.3 is 5.32 Å². The number of rotatable bonds is 4. The van der Waals surface area contributed by atoms with Crippen molar-refractivity contribution in [2.45, 2.75) is 33.1 Å². The maximum atomic E-state index is 10.8. The van der Waals surface area contributed by atoms with Gasteiger partial charge in [-0.05, 0) is 41.1 Å². The van der Waals surface area contributed by atoms with Crippen molar-refractivity contribution in [3.05, 3.63) is 26.3 Å². The summed E-state index contributed by atoms with van der Waals surface area (Å²) in [4.78, 5) is 14.5. The summed E-state index contributed by atoms with van der Waals surface area (Å²) < 4.78 is 0.680. The predicted molar refractivity (Wildman–Crippen MR) is 73.8 cm³/mol. The molecular weight excluding hydrogens is 298 g/mol. The van der Waals surface area contributed by atoms with Gasteiger partial charge in [-0.25, -0.2) is 4.98 Å². The van der Waals surface area contributed by atoms with E-state index in [0.717, 1.165) is 6.54 Å². The molecule has 1 N–H and O–H groups in total. The van der Waals surface area contributed by atoms with Gasteiger partial charge in [-0.2, -0.15) is 0 Å². The van der Waals surface area contributed by atoms with Crippen molar-refractivity contribution >= 4 is 27.4 Å². The van der Waals surface area contributed by atoms with Crippen LogP contribution >= 0.6 is 15.9 Å². The predicted octanol–water partition coefficient (Wildman–Crippen LogP) is 3.66. The highest BCUT2D eigenvalue weighted by atomic mass is 79.9. The second-order valence-electron chi connectivity index (χ2n) is 5.21. The minimum Gasteiger partial charge on any atom is -0.369 e. The number of anilines is 1. The van der Waals surface area contributed by atoms with Crippen LogP contribution in [-0.2, 0) is 0 Å². The van der Waals surface area contributed by atoms with Crippen molar-refractivity contribution in [3.63, 3.8) is 0 Å². The second-order valence-corrected chi connectivity index (χ2v) is 6.00. The molecule has 1 aliphatic carbocycles. The van der Waals surface area contributed by atoms with E-state index in [0.29, 0.717) is 21.3 Å². The fourth-order valence-corrected chi connectivity index (χ4v) is 2.58. The molecule has 1 heterocycles. The normalized spacial score (nSPS) is 17.1. The first-order valence-corrected chi connectivity index (χ1v) is 6.76. The summed E-state index contributed by atoms with van der Waals surface area (Å²) in [6.45, 7) is 4.83. The molecule has 6 heteroatoms. The van der Waals surface area contributed by atoms with E-state index in [4.69, 9.17) is 0 Å². The maximum absolute atomic E-state index is 10.8. The molecule has 0 unspecified atom stereocenters. The van der Waals surface area contributed by atoms with Gasteiger partial charge in [-0.1, -0.05) is 13.3 Å². The van der Waals surface area contributed by atoms with Crippen LogP contribution in [0.25, 0.3) is 0 Å². The lowest BCUT2D eigenvalue weighted by atomic mass is 9.70. The highest BCUT2D eigenvalue weighted by Crippen LogP contribution is 2.40. The van der Waals surface area contributed by atoms with Crippen molar-refractivity contribution in [1.82, 2.24) is 4.98 Å². The Hall–Kier alpha value is -1.17. The molecule has 0 amide bonds. The van der Waals surface area contributed by atoms with Crippen molar-refractivity contribution in [1.29, 1.82) is 0 Å². The van der Waals surface area contributed by atoms with Gasteiger partial charge in [0.1, 0.15) is 12.0 Å².